The summed E-state index contributed by atoms with van der Waals surface area (Å²) < 4.78 is 13.3. The third kappa shape index (κ3) is 7.39. The lowest BCUT2D eigenvalue weighted by Crippen LogP contribution is -2.50. The number of piperazine rings is 1. The van der Waals surface area contributed by atoms with Gasteiger partial charge in [0.25, 0.3) is 5.91 Å². The normalized spacial score (nSPS) is 14.3. The topological polar surface area (TPSA) is 43.9 Å². The van der Waals surface area contributed by atoms with Gasteiger partial charge in [0.1, 0.15) is 5.82 Å². The molecule has 5 nitrogen and oxygen atoms in total. The zero-order valence-corrected chi connectivity index (χ0v) is 19.9. The van der Waals surface area contributed by atoms with Gasteiger partial charge < -0.3 is 9.80 Å². The van der Waals surface area contributed by atoms with Crippen molar-refractivity contribution in [2.45, 2.75) is 46.1 Å². The quantitative estimate of drug-likeness (QED) is 0.498. The van der Waals surface area contributed by atoms with E-state index in [-0.39, 0.29) is 17.6 Å². The molecule has 2 aromatic rings. The van der Waals surface area contributed by atoms with Crippen LogP contribution in [0.1, 0.15) is 54.1 Å². The Labute approximate surface area is 197 Å². The Morgan fingerprint density at radius 3 is 2.33 bits per heavy atom. The van der Waals surface area contributed by atoms with Crippen molar-refractivity contribution in [3.05, 3.63) is 71.0 Å². The second kappa shape index (κ2) is 12.5. The van der Waals surface area contributed by atoms with Crippen molar-refractivity contribution in [3.8, 4) is 0 Å². The molecule has 0 radical (unpaired) electrons. The van der Waals surface area contributed by atoms with Gasteiger partial charge in [-0.05, 0) is 42.7 Å². The van der Waals surface area contributed by atoms with Crippen LogP contribution in [0.5, 0.6) is 0 Å². The van der Waals surface area contributed by atoms with Crippen LogP contribution in [-0.4, -0.2) is 65.8 Å². The highest BCUT2D eigenvalue weighted by molar-refractivity contribution is 5.95. The molecule has 1 aliphatic heterocycles. The van der Waals surface area contributed by atoms with E-state index in [0.717, 1.165) is 55.6 Å². The summed E-state index contributed by atoms with van der Waals surface area (Å²) in [5.41, 5.74) is 2.71. The number of carbonyl (C=O) groups is 2. The molecule has 33 heavy (non-hydrogen) atoms. The van der Waals surface area contributed by atoms with Crippen molar-refractivity contribution in [2.75, 3.05) is 39.3 Å². The monoisotopic (exact) mass is 453 g/mol. The third-order valence-corrected chi connectivity index (χ3v) is 6.35. The Morgan fingerprint density at radius 2 is 1.67 bits per heavy atom. The Hall–Kier alpha value is -2.73. The summed E-state index contributed by atoms with van der Waals surface area (Å²) in [5.74, 6) is -0.0179. The van der Waals surface area contributed by atoms with Crippen molar-refractivity contribution < 1.29 is 14.0 Å². The number of carbonyl (C=O) groups excluding carboxylic acids is 2. The van der Waals surface area contributed by atoms with Gasteiger partial charge in [0.2, 0.25) is 5.91 Å². The molecule has 0 aromatic heterocycles. The van der Waals surface area contributed by atoms with Crippen molar-refractivity contribution >= 4 is 11.8 Å². The summed E-state index contributed by atoms with van der Waals surface area (Å²) in [5, 5.41) is 0. The Bertz CT molecular complexity index is 908. The molecule has 1 heterocycles. The number of unbranched alkanes of at least 4 members (excludes halogenated alkanes) is 2. The van der Waals surface area contributed by atoms with Crippen LogP contribution in [0.3, 0.4) is 0 Å². The van der Waals surface area contributed by atoms with Gasteiger partial charge in [-0.2, -0.15) is 0 Å². The Morgan fingerprint density at radius 1 is 0.970 bits per heavy atom. The molecule has 0 spiro atoms. The van der Waals surface area contributed by atoms with Gasteiger partial charge in [-0.25, -0.2) is 4.39 Å². The lowest BCUT2D eigenvalue weighted by atomic mass is 10.1. The molecular formula is C27H36FN3O2. The van der Waals surface area contributed by atoms with Gasteiger partial charge in [0.15, 0.2) is 0 Å². The molecule has 6 heteroatoms. The number of aryl methyl sites for hydroxylation is 1. The first kappa shape index (κ1) is 24.9. The maximum Gasteiger partial charge on any atom is 0.254 e. The minimum absolute atomic E-state index is 0.0942. The number of hydrogen-bond donors (Lipinski definition) is 0. The summed E-state index contributed by atoms with van der Waals surface area (Å²) in [7, 11) is 0. The first-order valence-electron chi connectivity index (χ1n) is 12.1. The van der Waals surface area contributed by atoms with Crippen LogP contribution < -0.4 is 0 Å². The average molecular weight is 454 g/mol. The van der Waals surface area contributed by atoms with Crippen LogP contribution in [-0.2, 0) is 11.3 Å². The predicted octanol–water partition coefficient (Wildman–Crippen LogP) is 4.50. The lowest BCUT2D eigenvalue weighted by Gasteiger charge is -2.36. The van der Waals surface area contributed by atoms with E-state index in [1.54, 1.807) is 12.1 Å². The number of halogens is 1. The smallest absolute Gasteiger partial charge is 0.254 e. The Kier molecular flexibility index (Phi) is 9.43. The minimum atomic E-state index is -0.266. The molecule has 0 N–H and O–H groups in total. The molecule has 0 unspecified atom stereocenters. The van der Waals surface area contributed by atoms with Crippen LogP contribution in [0.25, 0.3) is 0 Å². The van der Waals surface area contributed by atoms with Crippen LogP contribution in [0.15, 0.2) is 48.5 Å². The number of hydrogen-bond acceptors (Lipinski definition) is 3. The largest absolute Gasteiger partial charge is 0.337 e. The van der Waals surface area contributed by atoms with Gasteiger partial charge in [-0.1, -0.05) is 50.1 Å². The molecule has 178 valence electrons. The first-order chi connectivity index (χ1) is 16.0. The maximum absolute atomic E-state index is 13.3. The van der Waals surface area contributed by atoms with Crippen molar-refractivity contribution in [1.29, 1.82) is 0 Å². The van der Waals surface area contributed by atoms with Gasteiger partial charge in [0.05, 0.1) is 0 Å². The van der Waals surface area contributed by atoms with E-state index in [4.69, 9.17) is 0 Å². The number of nitrogens with zero attached hydrogens (tertiary/aromatic N) is 3. The van der Waals surface area contributed by atoms with Crippen LogP contribution in [0, 0.1) is 12.7 Å². The third-order valence-electron chi connectivity index (χ3n) is 6.35. The average Bonchev–Trinajstić information content (AvgIpc) is 2.83. The standard InChI is InChI=1S/C27H36FN3O2/c1-3-4-5-10-26(32)31(21-23-11-13-24(28)14-12-23)20-17-29-15-18-30(19-16-29)27(33)25-9-7-6-8-22(25)2/h6-9,11-14H,3-5,10,15-21H2,1-2H3. The van der Waals surface area contributed by atoms with E-state index >= 15 is 0 Å². The molecule has 2 aromatic carbocycles. The zero-order chi connectivity index (χ0) is 23.6. The summed E-state index contributed by atoms with van der Waals surface area (Å²) in [4.78, 5) is 31.9. The van der Waals surface area contributed by atoms with E-state index in [9.17, 15) is 14.0 Å². The van der Waals surface area contributed by atoms with Gasteiger partial charge in [-0.3, -0.25) is 14.5 Å². The maximum atomic E-state index is 13.3. The molecule has 3 rings (SSSR count). The van der Waals surface area contributed by atoms with Crippen molar-refractivity contribution in [1.82, 2.24) is 14.7 Å². The van der Waals surface area contributed by atoms with Crippen molar-refractivity contribution in [2.24, 2.45) is 0 Å². The fourth-order valence-corrected chi connectivity index (χ4v) is 4.21. The van der Waals surface area contributed by atoms with Gasteiger partial charge in [-0.15, -0.1) is 0 Å². The highest BCUT2D eigenvalue weighted by Gasteiger charge is 2.24. The van der Waals surface area contributed by atoms with E-state index < -0.39 is 0 Å². The summed E-state index contributed by atoms with van der Waals surface area (Å²) in [6.45, 7) is 8.97. The minimum Gasteiger partial charge on any atom is -0.337 e. The van der Waals surface area contributed by atoms with E-state index in [0.29, 0.717) is 32.6 Å². The molecular weight excluding hydrogens is 417 g/mol. The molecule has 2 amide bonds. The zero-order valence-electron chi connectivity index (χ0n) is 19.9. The fourth-order valence-electron chi connectivity index (χ4n) is 4.21. The summed E-state index contributed by atoms with van der Waals surface area (Å²) in [6.07, 6.45) is 3.58. The Balaban J connectivity index is 1.53. The molecule has 1 fully saturated rings. The molecule has 1 aliphatic rings. The van der Waals surface area contributed by atoms with Gasteiger partial charge in [0, 0.05) is 57.8 Å². The number of amides is 2. The van der Waals surface area contributed by atoms with Crippen LogP contribution >= 0.6 is 0 Å². The summed E-state index contributed by atoms with van der Waals surface area (Å²) >= 11 is 0. The predicted molar refractivity (Wildman–Crippen MR) is 129 cm³/mol. The second-order valence-electron chi connectivity index (χ2n) is 8.85. The molecule has 1 saturated heterocycles. The molecule has 0 atom stereocenters. The molecule has 0 saturated carbocycles. The fraction of sp³-hybridized carbons (Fsp3) is 0.481. The number of rotatable bonds is 10. The highest BCUT2D eigenvalue weighted by atomic mass is 19.1. The first-order valence-corrected chi connectivity index (χ1v) is 12.1. The van der Waals surface area contributed by atoms with Crippen LogP contribution in [0.4, 0.5) is 4.39 Å². The SMILES string of the molecule is CCCCCC(=O)N(CCN1CCN(C(=O)c2ccccc2C)CC1)Cc1ccc(F)cc1. The van der Waals surface area contributed by atoms with E-state index in [1.165, 1.54) is 12.1 Å². The van der Waals surface area contributed by atoms with E-state index in [2.05, 4.69) is 11.8 Å². The molecule has 0 bridgehead atoms. The summed E-state index contributed by atoms with van der Waals surface area (Å²) in [6, 6.07) is 14.1. The number of benzene rings is 2. The van der Waals surface area contributed by atoms with Gasteiger partial charge >= 0.3 is 0 Å². The lowest BCUT2D eigenvalue weighted by molar-refractivity contribution is -0.132. The van der Waals surface area contributed by atoms with E-state index in [1.807, 2.05) is 41.0 Å². The van der Waals surface area contributed by atoms with Crippen LogP contribution in [0.2, 0.25) is 0 Å². The van der Waals surface area contributed by atoms with Crippen molar-refractivity contribution in [3.63, 3.8) is 0 Å². The second-order valence-corrected chi connectivity index (χ2v) is 8.85. The molecule has 0 aliphatic carbocycles. The highest BCUT2D eigenvalue weighted by Crippen LogP contribution is 2.14.